The largest absolute Gasteiger partial charge is 0.268 e. The van der Waals surface area contributed by atoms with E-state index in [1.165, 1.54) is 29.0 Å². The third-order valence-corrected chi connectivity index (χ3v) is 4.97. The van der Waals surface area contributed by atoms with Crippen LogP contribution in [0.3, 0.4) is 0 Å². The number of hydrogen-bond donors (Lipinski definition) is 1. The average Bonchev–Trinajstić information content (AvgIpc) is 2.69. The molecule has 144 valence electrons. The molecule has 6 nitrogen and oxygen atoms in total. The van der Waals surface area contributed by atoms with E-state index in [-0.39, 0.29) is 24.5 Å². The van der Waals surface area contributed by atoms with Crippen LogP contribution in [0.15, 0.2) is 76.9 Å². The van der Waals surface area contributed by atoms with Crippen LogP contribution in [-0.2, 0) is 16.6 Å². The normalized spacial score (nSPS) is 11.8. The molecule has 8 heteroatoms. The van der Waals surface area contributed by atoms with Gasteiger partial charge in [0, 0.05) is 23.6 Å². The Morgan fingerprint density at radius 2 is 1.71 bits per heavy atom. The molecule has 1 heterocycles. The van der Waals surface area contributed by atoms with Crippen molar-refractivity contribution in [2.75, 3.05) is 6.54 Å². The first-order valence-electron chi connectivity index (χ1n) is 8.50. The van der Waals surface area contributed by atoms with Gasteiger partial charge in [-0.15, -0.1) is 0 Å². The Labute approximate surface area is 162 Å². The van der Waals surface area contributed by atoms with Crippen LogP contribution < -0.4 is 10.3 Å². The molecule has 0 aliphatic carbocycles. The molecule has 0 atom stereocenters. The van der Waals surface area contributed by atoms with Gasteiger partial charge < -0.3 is 0 Å². The lowest BCUT2D eigenvalue weighted by Gasteiger charge is -2.08. The van der Waals surface area contributed by atoms with Crippen molar-refractivity contribution in [3.8, 4) is 11.3 Å². The van der Waals surface area contributed by atoms with Gasteiger partial charge in [-0.05, 0) is 42.0 Å². The monoisotopic (exact) mass is 399 g/mol. The van der Waals surface area contributed by atoms with Gasteiger partial charge in [-0.3, -0.25) is 4.79 Å². The van der Waals surface area contributed by atoms with Crippen LogP contribution in [0.5, 0.6) is 0 Å². The molecule has 28 heavy (non-hydrogen) atoms. The SMILES string of the molecule is O=c1ccc(-c2ccc(F)cc2)nn1CCNS(=O)(=O)/C=C/c1ccccc1. The van der Waals surface area contributed by atoms with E-state index < -0.39 is 10.0 Å². The minimum absolute atomic E-state index is 0.00123. The summed E-state index contributed by atoms with van der Waals surface area (Å²) in [5, 5.41) is 5.29. The lowest BCUT2D eigenvalue weighted by Crippen LogP contribution is -2.31. The molecule has 0 saturated carbocycles. The van der Waals surface area contributed by atoms with Crippen LogP contribution >= 0.6 is 0 Å². The zero-order valence-corrected chi connectivity index (χ0v) is 15.6. The van der Waals surface area contributed by atoms with E-state index in [0.29, 0.717) is 11.3 Å². The number of nitrogens with one attached hydrogen (secondary N) is 1. The lowest BCUT2D eigenvalue weighted by molar-refractivity contribution is 0.554. The van der Waals surface area contributed by atoms with Crippen molar-refractivity contribution in [3.63, 3.8) is 0 Å². The number of aromatic nitrogens is 2. The summed E-state index contributed by atoms with van der Waals surface area (Å²) in [5.41, 5.74) is 1.55. The molecule has 0 unspecified atom stereocenters. The fourth-order valence-corrected chi connectivity index (χ4v) is 3.27. The topological polar surface area (TPSA) is 81.1 Å². The Bertz CT molecular complexity index is 1130. The van der Waals surface area contributed by atoms with E-state index in [1.54, 1.807) is 30.3 Å². The van der Waals surface area contributed by atoms with E-state index >= 15 is 0 Å². The predicted molar refractivity (Wildman–Crippen MR) is 106 cm³/mol. The maximum Gasteiger partial charge on any atom is 0.266 e. The molecule has 0 aliphatic rings. The molecule has 1 aromatic heterocycles. The molecule has 0 radical (unpaired) electrons. The summed E-state index contributed by atoms with van der Waals surface area (Å²) in [4.78, 5) is 12.0. The average molecular weight is 399 g/mol. The molecule has 0 bridgehead atoms. The van der Waals surface area contributed by atoms with Gasteiger partial charge >= 0.3 is 0 Å². The van der Waals surface area contributed by atoms with Crippen LogP contribution in [0.1, 0.15) is 5.56 Å². The van der Waals surface area contributed by atoms with E-state index in [9.17, 15) is 17.6 Å². The zero-order valence-electron chi connectivity index (χ0n) is 14.8. The van der Waals surface area contributed by atoms with Crippen molar-refractivity contribution < 1.29 is 12.8 Å². The molecule has 0 fully saturated rings. The molecule has 3 rings (SSSR count). The van der Waals surface area contributed by atoms with Crippen LogP contribution in [0.4, 0.5) is 4.39 Å². The highest BCUT2D eigenvalue weighted by Gasteiger charge is 2.07. The Morgan fingerprint density at radius 3 is 2.43 bits per heavy atom. The van der Waals surface area contributed by atoms with Gasteiger partial charge in [0.25, 0.3) is 5.56 Å². The number of benzene rings is 2. The minimum Gasteiger partial charge on any atom is -0.268 e. The summed E-state index contributed by atoms with van der Waals surface area (Å²) >= 11 is 0. The summed E-state index contributed by atoms with van der Waals surface area (Å²) < 4.78 is 40.7. The summed E-state index contributed by atoms with van der Waals surface area (Å²) in [6.07, 6.45) is 1.49. The van der Waals surface area contributed by atoms with Crippen molar-refractivity contribution in [1.82, 2.24) is 14.5 Å². The standard InChI is InChI=1S/C20H18FN3O3S/c21-18-8-6-17(7-9-18)19-10-11-20(25)24(23-19)14-13-22-28(26,27)15-12-16-4-2-1-3-5-16/h1-12,15,22H,13-14H2/b15-12+. The highest BCUT2D eigenvalue weighted by molar-refractivity contribution is 7.92. The minimum atomic E-state index is -3.65. The molecular formula is C20H18FN3O3S. The third-order valence-electron chi connectivity index (χ3n) is 3.87. The number of nitrogens with zero attached hydrogens (tertiary/aromatic N) is 2. The molecule has 1 N–H and O–H groups in total. The Morgan fingerprint density at radius 1 is 1.00 bits per heavy atom. The van der Waals surface area contributed by atoms with Crippen LogP contribution in [-0.4, -0.2) is 24.7 Å². The fourth-order valence-electron chi connectivity index (χ4n) is 2.46. The quantitative estimate of drug-likeness (QED) is 0.662. The van der Waals surface area contributed by atoms with Crippen LogP contribution in [0.25, 0.3) is 17.3 Å². The summed E-state index contributed by atoms with van der Waals surface area (Å²) in [5.74, 6) is -0.366. The molecular weight excluding hydrogens is 381 g/mol. The molecule has 3 aromatic rings. The zero-order chi connectivity index (χ0) is 20.0. The van der Waals surface area contributed by atoms with E-state index in [0.717, 1.165) is 11.0 Å². The number of sulfonamides is 1. The van der Waals surface area contributed by atoms with Gasteiger partial charge in [-0.2, -0.15) is 5.10 Å². The number of hydrogen-bond acceptors (Lipinski definition) is 4. The summed E-state index contributed by atoms with van der Waals surface area (Å²) in [6, 6.07) is 17.7. The highest BCUT2D eigenvalue weighted by Crippen LogP contribution is 2.15. The first-order valence-corrected chi connectivity index (χ1v) is 10.0. The summed E-state index contributed by atoms with van der Waals surface area (Å²) in [7, 11) is -3.65. The highest BCUT2D eigenvalue weighted by atomic mass is 32.2. The van der Waals surface area contributed by atoms with Crippen molar-refractivity contribution in [2.24, 2.45) is 0 Å². The molecule has 0 saturated heterocycles. The van der Waals surface area contributed by atoms with Crippen molar-refractivity contribution in [2.45, 2.75) is 6.54 Å². The van der Waals surface area contributed by atoms with Gasteiger partial charge in [0.15, 0.2) is 0 Å². The van der Waals surface area contributed by atoms with Gasteiger partial charge in [-0.25, -0.2) is 22.2 Å². The smallest absolute Gasteiger partial charge is 0.266 e. The third kappa shape index (κ3) is 5.45. The van der Waals surface area contributed by atoms with Gasteiger partial charge in [-0.1, -0.05) is 30.3 Å². The second kappa shape index (κ2) is 8.73. The van der Waals surface area contributed by atoms with E-state index in [4.69, 9.17) is 0 Å². The first-order chi connectivity index (χ1) is 13.4. The number of halogens is 1. The van der Waals surface area contributed by atoms with Crippen molar-refractivity contribution in [3.05, 3.63) is 93.9 Å². The number of rotatable bonds is 7. The van der Waals surface area contributed by atoms with E-state index in [1.807, 2.05) is 18.2 Å². The molecule has 0 aliphatic heterocycles. The second-order valence-corrected chi connectivity index (χ2v) is 7.59. The Kier molecular flexibility index (Phi) is 6.13. The molecule has 2 aromatic carbocycles. The fraction of sp³-hybridized carbons (Fsp3) is 0.100. The van der Waals surface area contributed by atoms with Gasteiger partial charge in [0.1, 0.15) is 5.82 Å². The summed E-state index contributed by atoms with van der Waals surface area (Å²) in [6.45, 7) is 0.0630. The first kappa shape index (κ1) is 19.7. The van der Waals surface area contributed by atoms with E-state index in [2.05, 4.69) is 9.82 Å². The van der Waals surface area contributed by atoms with Crippen molar-refractivity contribution in [1.29, 1.82) is 0 Å². The van der Waals surface area contributed by atoms with Crippen LogP contribution in [0.2, 0.25) is 0 Å². The molecule has 0 amide bonds. The second-order valence-electron chi connectivity index (χ2n) is 5.94. The van der Waals surface area contributed by atoms with Gasteiger partial charge in [0.05, 0.1) is 12.2 Å². The van der Waals surface area contributed by atoms with Gasteiger partial charge in [0.2, 0.25) is 10.0 Å². The Balaban J connectivity index is 1.65. The maximum atomic E-state index is 13.0. The maximum absolute atomic E-state index is 13.0. The molecule has 0 spiro atoms. The predicted octanol–water partition coefficient (Wildman–Crippen LogP) is 2.64. The Hall–Kier alpha value is -3.10. The lowest BCUT2D eigenvalue weighted by atomic mass is 10.1. The van der Waals surface area contributed by atoms with Crippen molar-refractivity contribution >= 4 is 16.1 Å². The van der Waals surface area contributed by atoms with Crippen LogP contribution in [0, 0.1) is 5.82 Å².